The Morgan fingerprint density at radius 2 is 0.857 bits per heavy atom. The first kappa shape index (κ1) is 17.4. The molecule has 2 rings (SSSR count). The molecule has 0 spiro atoms. The Morgan fingerprint density at radius 3 is 1.19 bits per heavy atom. The molecule has 0 saturated heterocycles. The van der Waals surface area contributed by atoms with E-state index in [-0.39, 0.29) is 0 Å². The van der Waals surface area contributed by atoms with Crippen LogP contribution >= 0.6 is 0 Å². The van der Waals surface area contributed by atoms with Crippen molar-refractivity contribution < 1.29 is 0 Å². The summed E-state index contributed by atoms with van der Waals surface area (Å²) in [6.45, 7) is 4.67. The van der Waals surface area contributed by atoms with Crippen molar-refractivity contribution in [2.75, 3.05) is 0 Å². The van der Waals surface area contributed by atoms with Crippen LogP contribution in [0.25, 0.3) is 0 Å². The second-order valence-electron chi connectivity index (χ2n) is 8.29. The third-order valence-electron chi connectivity index (χ3n) is 6.53. The van der Waals surface area contributed by atoms with Gasteiger partial charge in [0.2, 0.25) is 0 Å². The van der Waals surface area contributed by atoms with Gasteiger partial charge in [0.1, 0.15) is 0 Å². The summed E-state index contributed by atoms with van der Waals surface area (Å²) in [5.41, 5.74) is 0. The van der Waals surface area contributed by atoms with Crippen LogP contribution < -0.4 is 0 Å². The minimum absolute atomic E-state index is 1.09. The zero-order chi connectivity index (χ0) is 14.9. The fourth-order valence-corrected chi connectivity index (χ4v) is 4.97. The molecule has 0 unspecified atom stereocenters. The van der Waals surface area contributed by atoms with Crippen molar-refractivity contribution >= 4 is 0 Å². The lowest BCUT2D eigenvalue weighted by molar-refractivity contribution is 0.183. The Bertz CT molecular complexity index is 215. The Hall–Kier alpha value is 0. The van der Waals surface area contributed by atoms with Crippen LogP contribution in [0.2, 0.25) is 0 Å². The van der Waals surface area contributed by atoms with Gasteiger partial charge < -0.3 is 0 Å². The molecule has 0 aromatic carbocycles. The van der Waals surface area contributed by atoms with Gasteiger partial charge in [-0.2, -0.15) is 0 Å². The number of hydrogen-bond acceptors (Lipinski definition) is 0. The molecule has 0 aromatic rings. The van der Waals surface area contributed by atoms with Crippen molar-refractivity contribution in [3.63, 3.8) is 0 Å². The van der Waals surface area contributed by atoms with E-state index in [1.54, 1.807) is 57.8 Å². The maximum absolute atomic E-state index is 2.34. The smallest absolute Gasteiger partial charge is 0.0411 e. The monoisotopic (exact) mass is 292 g/mol. The summed E-state index contributed by atoms with van der Waals surface area (Å²) in [5, 5.41) is 0. The molecule has 0 heteroatoms. The number of unbranched alkanes of at least 4 members (excludes halogenated alkanes) is 2. The standard InChI is InChI=1S/C21H40/c1-3-5-7-18-9-13-20(14-10-18)17-21-15-11-19(12-16-21)8-6-4-2/h18-21H,3-17H2,1-2H3. The van der Waals surface area contributed by atoms with Gasteiger partial charge >= 0.3 is 0 Å². The maximum Gasteiger partial charge on any atom is -0.0411 e. The second-order valence-corrected chi connectivity index (χ2v) is 8.29. The molecule has 0 aliphatic heterocycles. The Morgan fingerprint density at radius 1 is 0.524 bits per heavy atom. The van der Waals surface area contributed by atoms with Gasteiger partial charge in [0.05, 0.1) is 0 Å². The zero-order valence-electron chi connectivity index (χ0n) is 14.9. The third kappa shape index (κ3) is 6.33. The molecule has 2 aliphatic carbocycles. The van der Waals surface area contributed by atoms with Crippen molar-refractivity contribution in [2.45, 2.75) is 110 Å². The highest BCUT2D eigenvalue weighted by Gasteiger charge is 2.26. The normalized spacial score (nSPS) is 34.0. The van der Waals surface area contributed by atoms with E-state index in [1.807, 2.05) is 0 Å². The van der Waals surface area contributed by atoms with Gasteiger partial charge in [-0.15, -0.1) is 0 Å². The maximum atomic E-state index is 2.34. The van der Waals surface area contributed by atoms with Crippen molar-refractivity contribution in [2.24, 2.45) is 23.7 Å². The van der Waals surface area contributed by atoms with Crippen molar-refractivity contribution in [1.82, 2.24) is 0 Å². The van der Waals surface area contributed by atoms with E-state index in [9.17, 15) is 0 Å². The molecule has 0 N–H and O–H groups in total. The van der Waals surface area contributed by atoms with Crippen molar-refractivity contribution in [3.05, 3.63) is 0 Å². The van der Waals surface area contributed by atoms with Gasteiger partial charge in [-0.1, -0.05) is 104 Å². The van der Waals surface area contributed by atoms with E-state index in [0.717, 1.165) is 23.7 Å². The summed E-state index contributed by atoms with van der Waals surface area (Å²) in [4.78, 5) is 0. The van der Waals surface area contributed by atoms with Gasteiger partial charge in [0.15, 0.2) is 0 Å². The van der Waals surface area contributed by atoms with Crippen LogP contribution in [0, 0.1) is 23.7 Å². The van der Waals surface area contributed by atoms with E-state index in [1.165, 1.54) is 38.5 Å². The zero-order valence-corrected chi connectivity index (χ0v) is 14.9. The predicted molar refractivity (Wildman–Crippen MR) is 94.6 cm³/mol. The Balaban J connectivity index is 1.57. The van der Waals surface area contributed by atoms with E-state index >= 15 is 0 Å². The summed E-state index contributed by atoms with van der Waals surface area (Å²) in [7, 11) is 0. The minimum Gasteiger partial charge on any atom is -0.0654 e. The molecule has 21 heavy (non-hydrogen) atoms. The lowest BCUT2D eigenvalue weighted by atomic mass is 9.72. The van der Waals surface area contributed by atoms with Crippen LogP contribution in [0.1, 0.15) is 110 Å². The fraction of sp³-hybridized carbons (Fsp3) is 1.00. The molecule has 0 radical (unpaired) electrons. The van der Waals surface area contributed by atoms with Gasteiger partial charge in [0, 0.05) is 0 Å². The fourth-order valence-electron chi connectivity index (χ4n) is 4.97. The summed E-state index contributed by atoms with van der Waals surface area (Å²) in [5.74, 6) is 4.37. The number of rotatable bonds is 8. The number of hydrogen-bond donors (Lipinski definition) is 0. The van der Waals surface area contributed by atoms with Crippen LogP contribution in [0.15, 0.2) is 0 Å². The summed E-state index contributed by atoms with van der Waals surface area (Å²) in [6, 6.07) is 0. The molecule has 0 heterocycles. The van der Waals surface area contributed by atoms with E-state index in [4.69, 9.17) is 0 Å². The summed E-state index contributed by atoms with van der Waals surface area (Å²) in [6.07, 6.45) is 22.8. The first-order valence-corrected chi connectivity index (χ1v) is 10.3. The van der Waals surface area contributed by atoms with Crippen molar-refractivity contribution in [3.8, 4) is 0 Å². The largest absolute Gasteiger partial charge is 0.0654 e. The summed E-state index contributed by atoms with van der Waals surface area (Å²) >= 11 is 0. The molecule has 0 bridgehead atoms. The predicted octanol–water partition coefficient (Wildman–Crippen LogP) is 7.37. The van der Waals surface area contributed by atoms with Crippen LogP contribution in [-0.4, -0.2) is 0 Å². The van der Waals surface area contributed by atoms with E-state index < -0.39 is 0 Å². The first-order valence-electron chi connectivity index (χ1n) is 10.3. The van der Waals surface area contributed by atoms with Crippen LogP contribution in [0.3, 0.4) is 0 Å². The highest BCUT2D eigenvalue weighted by atomic mass is 14.3. The molecule has 2 aliphatic rings. The SMILES string of the molecule is CCCCC1CCC(CC2CCC(CCCC)CC2)CC1. The molecule has 0 atom stereocenters. The average Bonchev–Trinajstić information content (AvgIpc) is 2.53. The second kappa shape index (κ2) is 9.90. The minimum atomic E-state index is 1.09. The first-order chi connectivity index (χ1) is 10.3. The highest BCUT2D eigenvalue weighted by Crippen LogP contribution is 2.40. The van der Waals surface area contributed by atoms with Crippen LogP contribution in [-0.2, 0) is 0 Å². The quantitative estimate of drug-likeness (QED) is 0.438. The molecular formula is C21H40. The third-order valence-corrected chi connectivity index (χ3v) is 6.53. The molecule has 124 valence electrons. The average molecular weight is 293 g/mol. The van der Waals surface area contributed by atoms with Crippen LogP contribution in [0.5, 0.6) is 0 Å². The molecule has 0 aromatic heterocycles. The highest BCUT2D eigenvalue weighted by molar-refractivity contribution is 4.78. The lowest BCUT2D eigenvalue weighted by Crippen LogP contribution is -2.21. The van der Waals surface area contributed by atoms with Gasteiger partial charge in [0.25, 0.3) is 0 Å². The Kier molecular flexibility index (Phi) is 8.19. The van der Waals surface area contributed by atoms with Gasteiger partial charge in [-0.05, 0) is 30.1 Å². The van der Waals surface area contributed by atoms with E-state index in [0.29, 0.717) is 0 Å². The topological polar surface area (TPSA) is 0 Å². The van der Waals surface area contributed by atoms with E-state index in [2.05, 4.69) is 13.8 Å². The van der Waals surface area contributed by atoms with Gasteiger partial charge in [-0.25, -0.2) is 0 Å². The molecular weight excluding hydrogens is 252 g/mol. The molecule has 0 nitrogen and oxygen atoms in total. The molecule has 0 amide bonds. The van der Waals surface area contributed by atoms with Crippen LogP contribution in [0.4, 0.5) is 0 Å². The summed E-state index contributed by atoms with van der Waals surface area (Å²) < 4.78 is 0. The molecule has 2 fully saturated rings. The molecule has 2 saturated carbocycles. The van der Waals surface area contributed by atoms with Gasteiger partial charge in [-0.3, -0.25) is 0 Å². The van der Waals surface area contributed by atoms with Crippen molar-refractivity contribution in [1.29, 1.82) is 0 Å². The lowest BCUT2D eigenvalue weighted by Gasteiger charge is -2.34. The Labute approximate surface area is 134 Å².